The van der Waals surface area contributed by atoms with Gasteiger partial charge in [-0.3, -0.25) is 4.79 Å². The number of carbonyl (C=O) groups excluding carboxylic acids is 1. The molecular weight excluding hydrogens is 374 g/mol. The van der Waals surface area contributed by atoms with Crippen molar-refractivity contribution in [2.24, 2.45) is 0 Å². The smallest absolute Gasteiger partial charge is 0.281 e. The van der Waals surface area contributed by atoms with Gasteiger partial charge < -0.3 is 25.6 Å². The van der Waals surface area contributed by atoms with E-state index >= 15 is 0 Å². The van der Waals surface area contributed by atoms with Gasteiger partial charge >= 0.3 is 0 Å². The normalized spacial score (nSPS) is 11.8. The van der Waals surface area contributed by atoms with Crippen molar-refractivity contribution in [1.82, 2.24) is 14.8 Å². The van der Waals surface area contributed by atoms with E-state index in [9.17, 15) is 4.79 Å². The summed E-state index contributed by atoms with van der Waals surface area (Å²) < 4.78 is 11.7. The number of aryl methyl sites for hydroxylation is 1. The van der Waals surface area contributed by atoms with E-state index in [1.54, 1.807) is 49.4 Å². The molecule has 0 spiro atoms. The monoisotopic (exact) mass is 397 g/mol. The summed E-state index contributed by atoms with van der Waals surface area (Å²) in [6, 6.07) is 14.2. The first-order valence-corrected chi connectivity index (χ1v) is 9.02. The Bertz CT molecular complexity index is 987. The summed E-state index contributed by atoms with van der Waals surface area (Å²) in [5, 5.41) is 16.3. The lowest BCUT2D eigenvalue weighted by Gasteiger charge is -2.09. The number of hydrogen-bond acceptors (Lipinski definition) is 8. The molecule has 1 unspecified atom stereocenters. The number of benzene rings is 2. The predicted octanol–water partition coefficient (Wildman–Crippen LogP) is 2.33. The first-order chi connectivity index (χ1) is 13.9. The summed E-state index contributed by atoms with van der Waals surface area (Å²) in [5.41, 5.74) is 7.96. The SMILES string of the molecule is Cc1cccc(C(=O)n2nc(Nc3cccc(OCOCC(C)O)c3)nc2N)c1. The molecule has 0 aliphatic rings. The number of hydrogen-bond donors (Lipinski definition) is 3. The molecule has 29 heavy (non-hydrogen) atoms. The van der Waals surface area contributed by atoms with Crippen LogP contribution in [0.25, 0.3) is 0 Å². The second kappa shape index (κ2) is 9.18. The molecule has 3 aromatic rings. The quantitative estimate of drug-likeness (QED) is 0.391. The molecule has 1 heterocycles. The zero-order chi connectivity index (χ0) is 20.8. The summed E-state index contributed by atoms with van der Waals surface area (Å²) in [4.78, 5) is 16.7. The number of nitrogen functional groups attached to an aromatic ring is 1. The highest BCUT2D eigenvalue weighted by Gasteiger charge is 2.16. The number of aromatic nitrogens is 3. The molecule has 9 nitrogen and oxygen atoms in total. The zero-order valence-corrected chi connectivity index (χ0v) is 16.2. The average molecular weight is 397 g/mol. The summed E-state index contributed by atoms with van der Waals surface area (Å²) in [5.74, 6) is 0.367. The minimum Gasteiger partial charge on any atom is -0.467 e. The maximum Gasteiger partial charge on any atom is 0.281 e. The summed E-state index contributed by atoms with van der Waals surface area (Å²) >= 11 is 0. The molecule has 1 atom stereocenters. The van der Waals surface area contributed by atoms with E-state index in [0.29, 0.717) is 17.0 Å². The zero-order valence-electron chi connectivity index (χ0n) is 16.2. The van der Waals surface area contributed by atoms with Gasteiger partial charge in [0.05, 0.1) is 12.7 Å². The predicted molar refractivity (Wildman–Crippen MR) is 108 cm³/mol. The van der Waals surface area contributed by atoms with Crippen LogP contribution in [-0.2, 0) is 4.74 Å². The van der Waals surface area contributed by atoms with Crippen LogP contribution >= 0.6 is 0 Å². The van der Waals surface area contributed by atoms with E-state index in [-0.39, 0.29) is 31.2 Å². The molecule has 0 fully saturated rings. The second-order valence-electron chi connectivity index (χ2n) is 6.51. The van der Waals surface area contributed by atoms with Gasteiger partial charge in [-0.1, -0.05) is 23.8 Å². The van der Waals surface area contributed by atoms with Gasteiger partial charge in [0, 0.05) is 17.3 Å². The third-order valence-electron chi connectivity index (χ3n) is 3.85. The Morgan fingerprint density at radius 2 is 2.07 bits per heavy atom. The summed E-state index contributed by atoms with van der Waals surface area (Å²) in [6.45, 7) is 3.73. The maximum atomic E-state index is 12.6. The highest BCUT2D eigenvalue weighted by Crippen LogP contribution is 2.21. The molecule has 0 radical (unpaired) electrons. The Balaban J connectivity index is 1.68. The van der Waals surface area contributed by atoms with E-state index in [1.807, 2.05) is 13.0 Å². The van der Waals surface area contributed by atoms with Gasteiger partial charge in [0.2, 0.25) is 11.9 Å². The lowest BCUT2D eigenvalue weighted by atomic mass is 10.1. The van der Waals surface area contributed by atoms with Crippen LogP contribution in [0.1, 0.15) is 22.8 Å². The number of ether oxygens (including phenoxy) is 2. The number of nitrogens with zero attached hydrogens (tertiary/aromatic N) is 3. The Morgan fingerprint density at radius 1 is 1.28 bits per heavy atom. The molecular formula is C20H23N5O4. The fraction of sp³-hybridized carbons (Fsp3) is 0.250. The molecule has 4 N–H and O–H groups in total. The van der Waals surface area contributed by atoms with Crippen LogP contribution in [0.5, 0.6) is 5.75 Å². The van der Waals surface area contributed by atoms with Gasteiger partial charge in [-0.2, -0.15) is 9.67 Å². The third-order valence-corrected chi connectivity index (χ3v) is 3.85. The number of aliphatic hydroxyl groups excluding tert-OH is 1. The van der Waals surface area contributed by atoms with Crippen LogP contribution in [0, 0.1) is 6.92 Å². The molecule has 0 aliphatic heterocycles. The van der Waals surface area contributed by atoms with Crippen LogP contribution in [0.15, 0.2) is 48.5 Å². The fourth-order valence-electron chi connectivity index (χ4n) is 2.55. The van der Waals surface area contributed by atoms with Gasteiger partial charge in [-0.05, 0) is 38.1 Å². The highest BCUT2D eigenvalue weighted by atomic mass is 16.7. The molecule has 1 aromatic heterocycles. The minimum absolute atomic E-state index is 0.0131. The van der Waals surface area contributed by atoms with E-state index in [0.717, 1.165) is 10.2 Å². The lowest BCUT2D eigenvalue weighted by molar-refractivity contribution is -0.0242. The maximum absolute atomic E-state index is 12.6. The van der Waals surface area contributed by atoms with Crippen molar-refractivity contribution in [2.75, 3.05) is 24.5 Å². The third kappa shape index (κ3) is 5.53. The Hall–Kier alpha value is -3.43. The van der Waals surface area contributed by atoms with E-state index < -0.39 is 6.10 Å². The average Bonchev–Trinajstić information content (AvgIpc) is 3.05. The van der Waals surface area contributed by atoms with Crippen LogP contribution in [0.2, 0.25) is 0 Å². The van der Waals surface area contributed by atoms with Gasteiger partial charge in [-0.15, -0.1) is 5.10 Å². The topological polar surface area (TPSA) is 125 Å². The van der Waals surface area contributed by atoms with Crippen molar-refractivity contribution in [1.29, 1.82) is 0 Å². The Labute approximate surface area is 168 Å². The van der Waals surface area contributed by atoms with Crippen LogP contribution in [0.3, 0.4) is 0 Å². The molecule has 0 saturated heterocycles. The van der Waals surface area contributed by atoms with Crippen LogP contribution in [-0.4, -0.2) is 45.3 Å². The Kier molecular flexibility index (Phi) is 6.43. The molecule has 0 aliphatic carbocycles. The number of aliphatic hydroxyl groups is 1. The first-order valence-electron chi connectivity index (χ1n) is 9.02. The van der Waals surface area contributed by atoms with Crippen LogP contribution in [0.4, 0.5) is 17.6 Å². The van der Waals surface area contributed by atoms with Crippen molar-refractivity contribution in [3.05, 3.63) is 59.7 Å². The van der Waals surface area contributed by atoms with Gasteiger partial charge in [0.25, 0.3) is 5.91 Å². The molecule has 0 saturated carbocycles. The minimum atomic E-state index is -0.555. The summed E-state index contributed by atoms with van der Waals surface area (Å²) in [7, 11) is 0. The van der Waals surface area contributed by atoms with E-state index in [1.165, 1.54) is 0 Å². The van der Waals surface area contributed by atoms with E-state index in [4.69, 9.17) is 20.3 Å². The van der Waals surface area contributed by atoms with E-state index in [2.05, 4.69) is 15.4 Å². The molecule has 3 rings (SSSR count). The van der Waals surface area contributed by atoms with Gasteiger partial charge in [-0.25, -0.2) is 0 Å². The number of nitrogens with one attached hydrogen (secondary N) is 1. The molecule has 0 amide bonds. The second-order valence-corrected chi connectivity index (χ2v) is 6.51. The fourth-order valence-corrected chi connectivity index (χ4v) is 2.55. The van der Waals surface area contributed by atoms with Crippen molar-refractivity contribution in [3.8, 4) is 5.75 Å². The molecule has 2 aromatic carbocycles. The van der Waals surface area contributed by atoms with Crippen molar-refractivity contribution < 1.29 is 19.4 Å². The number of anilines is 3. The first kappa shape index (κ1) is 20.3. The van der Waals surface area contributed by atoms with Crippen LogP contribution < -0.4 is 15.8 Å². The number of nitrogens with two attached hydrogens (primary N) is 1. The van der Waals surface area contributed by atoms with Crippen molar-refractivity contribution in [2.45, 2.75) is 20.0 Å². The van der Waals surface area contributed by atoms with Crippen molar-refractivity contribution in [3.63, 3.8) is 0 Å². The highest BCUT2D eigenvalue weighted by molar-refractivity contribution is 5.97. The largest absolute Gasteiger partial charge is 0.467 e. The van der Waals surface area contributed by atoms with Gasteiger partial charge in [0.15, 0.2) is 6.79 Å². The Morgan fingerprint density at radius 3 is 2.83 bits per heavy atom. The lowest BCUT2D eigenvalue weighted by Crippen LogP contribution is -2.16. The number of rotatable bonds is 8. The standard InChI is InChI=1S/C20H23N5O4/c1-13-5-3-6-15(9-13)18(27)25-19(21)23-20(24-25)22-16-7-4-8-17(10-16)29-12-28-11-14(2)26/h3-10,14,26H,11-12H2,1-2H3,(H3,21,22,23,24). The molecule has 152 valence electrons. The van der Waals surface area contributed by atoms with Crippen molar-refractivity contribution >= 4 is 23.5 Å². The summed E-state index contributed by atoms with van der Waals surface area (Å²) in [6.07, 6.45) is -0.555. The van der Waals surface area contributed by atoms with Gasteiger partial charge in [0.1, 0.15) is 5.75 Å². The molecule has 9 heteroatoms. The molecule has 0 bridgehead atoms. The number of carbonyl (C=O) groups is 1.